The van der Waals surface area contributed by atoms with E-state index in [0.29, 0.717) is 5.69 Å². The minimum Gasteiger partial charge on any atom is -0.449 e. The Morgan fingerprint density at radius 3 is 1.22 bits per heavy atom. The van der Waals surface area contributed by atoms with Gasteiger partial charge in [0.05, 0.1) is 0 Å². The Balaban J connectivity index is 0.000000242. The molecule has 0 bridgehead atoms. The van der Waals surface area contributed by atoms with Crippen molar-refractivity contribution in [3.05, 3.63) is 122 Å². The van der Waals surface area contributed by atoms with Gasteiger partial charge in [-0.15, -0.1) is 0 Å². The van der Waals surface area contributed by atoms with Crippen LogP contribution in [-0.2, 0) is 9.47 Å². The molecular formula is C32H33ClN4O4. The molecule has 41 heavy (non-hydrogen) atoms. The van der Waals surface area contributed by atoms with Gasteiger partial charge in [-0.05, 0) is 70.8 Å². The van der Waals surface area contributed by atoms with Gasteiger partial charge in [-0.3, -0.25) is 5.32 Å². The van der Waals surface area contributed by atoms with E-state index in [9.17, 15) is 9.59 Å². The first-order valence-electron chi connectivity index (χ1n) is 12.4. The Labute approximate surface area is 245 Å². The van der Waals surface area contributed by atoms with Crippen molar-refractivity contribution in [2.45, 2.75) is 0 Å². The molecule has 0 saturated carbocycles. The number of rotatable bonds is 7. The van der Waals surface area contributed by atoms with Crippen molar-refractivity contribution in [1.29, 1.82) is 0 Å². The van der Waals surface area contributed by atoms with Gasteiger partial charge in [0.1, 0.15) is 13.2 Å². The fourth-order valence-electron chi connectivity index (χ4n) is 3.19. The van der Waals surface area contributed by atoms with Gasteiger partial charge in [0.15, 0.2) is 0 Å². The highest BCUT2D eigenvalue weighted by atomic mass is 35.5. The first-order chi connectivity index (χ1) is 19.7. The number of amides is 1. The molecule has 7 N–H and O–H groups in total. The smallest absolute Gasteiger partial charge is 0.411 e. The van der Waals surface area contributed by atoms with Crippen LogP contribution in [0.1, 0.15) is 0 Å². The van der Waals surface area contributed by atoms with Gasteiger partial charge in [0.2, 0.25) is 0 Å². The van der Waals surface area contributed by atoms with Gasteiger partial charge in [-0.25, -0.2) is 9.59 Å². The maximum Gasteiger partial charge on any atom is 0.411 e. The van der Waals surface area contributed by atoms with E-state index < -0.39 is 11.5 Å². The van der Waals surface area contributed by atoms with E-state index in [2.05, 4.69) is 23.2 Å². The molecule has 0 aromatic heterocycles. The van der Waals surface area contributed by atoms with E-state index in [0.717, 1.165) is 39.3 Å². The van der Waals surface area contributed by atoms with Crippen molar-refractivity contribution in [1.82, 2.24) is 0 Å². The highest BCUT2D eigenvalue weighted by Crippen LogP contribution is 2.23. The topological polar surface area (TPSA) is 143 Å². The van der Waals surface area contributed by atoms with Gasteiger partial charge in [0.25, 0.3) is 0 Å². The Kier molecular flexibility index (Phi) is 13.6. The summed E-state index contributed by atoms with van der Waals surface area (Å²) in [6, 6.07) is 30.7. The molecule has 9 heteroatoms. The van der Waals surface area contributed by atoms with Crippen molar-refractivity contribution in [3.63, 3.8) is 0 Å². The second kappa shape index (κ2) is 17.4. The summed E-state index contributed by atoms with van der Waals surface area (Å²) in [7, 11) is 0. The lowest BCUT2D eigenvalue weighted by atomic mass is 10.1. The van der Waals surface area contributed by atoms with Gasteiger partial charge in [0, 0.05) is 34.4 Å². The summed E-state index contributed by atoms with van der Waals surface area (Å²) in [6.07, 6.45) is 2.47. The molecule has 0 aliphatic heterocycles. The largest absolute Gasteiger partial charge is 0.449 e. The van der Waals surface area contributed by atoms with Gasteiger partial charge >= 0.3 is 11.5 Å². The van der Waals surface area contributed by atoms with Gasteiger partial charge in [-0.1, -0.05) is 73.8 Å². The number of halogens is 1. The highest BCUT2D eigenvalue weighted by molar-refractivity contribution is 6.61. The predicted molar refractivity (Wildman–Crippen MR) is 170 cm³/mol. The summed E-state index contributed by atoms with van der Waals surface area (Å²) < 4.78 is 9.04. The predicted octanol–water partition coefficient (Wildman–Crippen LogP) is 7.74. The minimum atomic E-state index is -0.792. The third kappa shape index (κ3) is 12.5. The van der Waals surface area contributed by atoms with Crippen molar-refractivity contribution >= 4 is 45.9 Å². The maximum atomic E-state index is 11.4. The molecule has 0 atom stereocenters. The van der Waals surface area contributed by atoms with Crippen LogP contribution in [0.15, 0.2) is 122 Å². The molecule has 4 aromatic rings. The van der Waals surface area contributed by atoms with Gasteiger partial charge in [-0.2, -0.15) is 0 Å². The van der Waals surface area contributed by atoms with Crippen molar-refractivity contribution < 1.29 is 19.1 Å². The number of ether oxygens (including phenoxy) is 2. The molecule has 0 saturated heterocycles. The van der Waals surface area contributed by atoms with Crippen LogP contribution in [0.3, 0.4) is 0 Å². The van der Waals surface area contributed by atoms with Crippen LogP contribution in [-0.4, -0.2) is 24.7 Å². The normalized spacial score (nSPS) is 9.49. The number of carbonyl (C=O) groups excluding carboxylic acids is 2. The maximum absolute atomic E-state index is 11.4. The molecule has 0 aliphatic carbocycles. The second-order valence-electron chi connectivity index (χ2n) is 8.29. The minimum absolute atomic E-state index is 0.183. The average molecular weight is 573 g/mol. The molecule has 0 heterocycles. The number of hydrogen-bond acceptors (Lipinski definition) is 7. The molecule has 8 nitrogen and oxygen atoms in total. The van der Waals surface area contributed by atoms with Crippen molar-refractivity contribution in [2.75, 3.05) is 35.7 Å². The summed E-state index contributed by atoms with van der Waals surface area (Å²) in [5, 5.41) is 2.64. The van der Waals surface area contributed by atoms with E-state index in [1.165, 1.54) is 12.2 Å². The van der Waals surface area contributed by atoms with Crippen LogP contribution in [0, 0.1) is 0 Å². The van der Waals surface area contributed by atoms with E-state index in [1.54, 1.807) is 0 Å². The fraction of sp³-hybridized carbons (Fsp3) is 0.0625. The molecule has 212 valence electrons. The Morgan fingerprint density at radius 2 is 0.927 bits per heavy atom. The average Bonchev–Trinajstić information content (AvgIpc) is 2.97. The van der Waals surface area contributed by atoms with Crippen LogP contribution in [0.5, 0.6) is 0 Å². The Bertz CT molecular complexity index is 1350. The van der Waals surface area contributed by atoms with E-state index >= 15 is 0 Å². The Hall–Kier alpha value is -5.21. The zero-order chi connectivity index (χ0) is 30.0. The lowest BCUT2D eigenvalue weighted by Crippen LogP contribution is -2.13. The zero-order valence-corrected chi connectivity index (χ0v) is 23.2. The quantitative estimate of drug-likeness (QED) is 0.101. The number of anilines is 4. The third-order valence-corrected chi connectivity index (χ3v) is 5.29. The Morgan fingerprint density at radius 1 is 0.610 bits per heavy atom. The summed E-state index contributed by atoms with van der Waals surface area (Å²) in [4.78, 5) is 21.1. The number of nitrogen functional groups attached to an aromatic ring is 3. The lowest BCUT2D eigenvalue weighted by Gasteiger charge is -2.07. The number of nitrogens with two attached hydrogens (primary N) is 3. The molecule has 0 unspecified atom stereocenters. The highest BCUT2D eigenvalue weighted by Gasteiger charge is 2.03. The molecule has 4 rings (SSSR count). The second-order valence-corrected chi connectivity index (χ2v) is 8.60. The third-order valence-electron chi connectivity index (χ3n) is 5.18. The van der Waals surface area contributed by atoms with Gasteiger partial charge < -0.3 is 26.7 Å². The molecular weight excluding hydrogens is 540 g/mol. The molecule has 0 aliphatic rings. The fourth-order valence-corrected chi connectivity index (χ4v) is 3.25. The van der Waals surface area contributed by atoms with Crippen molar-refractivity contribution in [3.8, 4) is 22.3 Å². The first kappa shape index (κ1) is 32.0. The SMILES string of the molecule is C=CCOC(=O)Cl.C=CCOC(=O)Nc1ccc(-c2ccc(N)cc2)cc1.Nc1ccc(-c2ccc(N)cc2)cc1. The molecule has 0 spiro atoms. The molecule has 4 aromatic carbocycles. The number of benzene rings is 4. The first-order valence-corrected chi connectivity index (χ1v) is 12.7. The van der Waals surface area contributed by atoms with Crippen LogP contribution in [0.2, 0.25) is 0 Å². The lowest BCUT2D eigenvalue weighted by molar-refractivity contribution is 0.174. The van der Waals surface area contributed by atoms with Crippen LogP contribution < -0.4 is 22.5 Å². The summed E-state index contributed by atoms with van der Waals surface area (Å²) in [5.74, 6) is 0. The number of nitrogens with one attached hydrogen (secondary N) is 1. The van der Waals surface area contributed by atoms with Crippen molar-refractivity contribution in [2.24, 2.45) is 0 Å². The molecule has 1 amide bonds. The number of hydrogen-bond donors (Lipinski definition) is 4. The van der Waals surface area contributed by atoms with E-state index in [4.69, 9.17) is 33.5 Å². The monoisotopic (exact) mass is 572 g/mol. The zero-order valence-electron chi connectivity index (χ0n) is 22.5. The van der Waals surface area contributed by atoms with Crippen LogP contribution >= 0.6 is 11.6 Å². The standard InChI is InChI=1S/C16H16N2O2.C12H12N2.C4H5ClO2/c1-2-11-20-16(19)18-15-9-5-13(6-10-15)12-3-7-14(17)8-4-12;13-11-5-1-9(2-6-11)10-3-7-12(14)8-4-10;1-2-3-7-4(5)6/h2-10H,1,11,17H2,(H,18,19);1-8H,13-14H2;2H,1,3H2. The van der Waals surface area contributed by atoms with Crippen LogP contribution in [0.4, 0.5) is 32.3 Å². The molecule has 0 fully saturated rings. The number of carbonyl (C=O) groups is 2. The summed E-state index contributed by atoms with van der Waals surface area (Å²) in [6.45, 7) is 7.15. The van der Waals surface area contributed by atoms with Crippen LogP contribution in [0.25, 0.3) is 22.3 Å². The molecule has 0 radical (unpaired) electrons. The summed E-state index contributed by atoms with van der Waals surface area (Å²) in [5.41, 5.74) is 23.5. The van der Waals surface area contributed by atoms with E-state index in [-0.39, 0.29) is 13.2 Å². The summed E-state index contributed by atoms with van der Waals surface area (Å²) >= 11 is 4.75. The van der Waals surface area contributed by atoms with E-state index in [1.807, 2.05) is 97.1 Å².